The van der Waals surface area contributed by atoms with E-state index in [4.69, 9.17) is 7.42 Å². The number of aromatic amines is 1. The number of nitrogens with zero attached hydrogens (tertiary/aromatic N) is 1. The second-order valence-corrected chi connectivity index (χ2v) is 5.40. The molecule has 0 spiro atoms. The zero-order valence-corrected chi connectivity index (χ0v) is 14.0. The van der Waals surface area contributed by atoms with Crippen molar-refractivity contribution in [3.63, 3.8) is 0 Å². The molecule has 2 rings (SSSR count). The van der Waals surface area contributed by atoms with Crippen molar-refractivity contribution in [1.29, 1.82) is 0 Å². The number of nitrogens with one attached hydrogen (secondary N) is 1. The first kappa shape index (κ1) is 13.0. The molecule has 1 N–H and O–H groups in total. The normalized spacial score (nSPS) is 24.0. The summed E-state index contributed by atoms with van der Waals surface area (Å²) >= 11 is 0.501. The molecule has 0 radical (unpaired) electrons. The van der Waals surface area contributed by atoms with Crippen LogP contribution in [0.5, 0.6) is 0 Å². The minimum absolute atomic E-state index is 0.0594. The number of aromatic nitrogens is 2. The van der Waals surface area contributed by atoms with E-state index in [1.165, 1.54) is 4.57 Å². The Bertz CT molecular complexity index is 510. The fourth-order valence-corrected chi connectivity index (χ4v) is 2.76. The Balaban J connectivity index is 2.22. The van der Waals surface area contributed by atoms with Crippen LogP contribution in [-0.4, -0.2) is 48.5 Å². The average Bonchev–Trinajstić information content (AvgIpc) is 2.72. The van der Waals surface area contributed by atoms with Crippen molar-refractivity contribution in [3.05, 3.63) is 32.6 Å². The Morgan fingerprint density at radius 3 is 3.06 bits per heavy atom. The SMILES string of the molecule is Cc1cn(C2CCC(C[O][Tl])O2)c(=O)[nH]c1=O. The van der Waals surface area contributed by atoms with E-state index in [9.17, 15) is 9.59 Å². The van der Waals surface area contributed by atoms with Gasteiger partial charge < -0.3 is 0 Å². The maximum atomic E-state index is 11.6. The van der Waals surface area contributed by atoms with Gasteiger partial charge in [0.15, 0.2) is 0 Å². The van der Waals surface area contributed by atoms with Crippen LogP contribution < -0.4 is 11.2 Å². The number of H-pyrrole nitrogens is 1. The molecule has 2 atom stereocenters. The standard InChI is InChI=1S/C10H13N2O4.Tl/c1-6-4-12(10(15)11-9(6)14)8-3-2-7(5-13)16-8;/h4,7-8H,2-3,5H2,1H3,(H,11,14,15);/q-1;+1. The molecular formula is C10H13N2O4Tl. The summed E-state index contributed by atoms with van der Waals surface area (Å²) in [4.78, 5) is 25.2. The first-order valence-electron chi connectivity index (χ1n) is 5.41. The molecular weight excluding hydrogens is 417 g/mol. The second kappa shape index (κ2) is 5.44. The van der Waals surface area contributed by atoms with Crippen LogP contribution in [0, 0.1) is 6.92 Å². The topological polar surface area (TPSA) is 73.3 Å². The van der Waals surface area contributed by atoms with Gasteiger partial charge in [0.1, 0.15) is 0 Å². The third kappa shape index (κ3) is 2.86. The third-order valence-corrected chi connectivity index (χ3v) is 3.57. The molecule has 1 aromatic heterocycles. The number of rotatable bonds is 3. The van der Waals surface area contributed by atoms with Gasteiger partial charge in [-0.25, -0.2) is 0 Å². The maximum absolute atomic E-state index is 11.6. The van der Waals surface area contributed by atoms with Crippen LogP contribution in [0.3, 0.4) is 0 Å². The molecule has 90 valence electrons. The summed E-state index contributed by atoms with van der Waals surface area (Å²) in [5.74, 6) is 0. The van der Waals surface area contributed by atoms with E-state index >= 15 is 0 Å². The van der Waals surface area contributed by atoms with Crippen LogP contribution in [0.2, 0.25) is 0 Å². The summed E-state index contributed by atoms with van der Waals surface area (Å²) < 4.78 is 12.3. The van der Waals surface area contributed by atoms with Crippen LogP contribution >= 0.6 is 0 Å². The van der Waals surface area contributed by atoms with Gasteiger partial charge in [-0.1, -0.05) is 0 Å². The number of hydrogen-bond donors (Lipinski definition) is 1. The molecule has 7 heteroatoms. The van der Waals surface area contributed by atoms with E-state index in [1.54, 1.807) is 13.1 Å². The fourth-order valence-electron chi connectivity index (χ4n) is 1.92. The summed E-state index contributed by atoms with van der Waals surface area (Å²) in [6.07, 6.45) is 2.97. The summed E-state index contributed by atoms with van der Waals surface area (Å²) in [6.45, 7) is 2.27. The van der Waals surface area contributed by atoms with Crippen LogP contribution in [0.25, 0.3) is 0 Å². The summed E-state index contributed by atoms with van der Waals surface area (Å²) in [5, 5.41) is 0. The molecule has 6 nitrogen and oxygen atoms in total. The van der Waals surface area contributed by atoms with Crippen molar-refractivity contribution in [3.8, 4) is 0 Å². The van der Waals surface area contributed by atoms with Crippen LogP contribution in [-0.2, 0) is 7.42 Å². The average molecular weight is 430 g/mol. The van der Waals surface area contributed by atoms with Gasteiger partial charge in [0.2, 0.25) is 0 Å². The van der Waals surface area contributed by atoms with Gasteiger partial charge >= 0.3 is 114 Å². The molecule has 2 heterocycles. The third-order valence-electron chi connectivity index (χ3n) is 2.82. The summed E-state index contributed by atoms with van der Waals surface area (Å²) in [7, 11) is 0. The molecule has 0 aliphatic carbocycles. The molecule has 0 bridgehead atoms. The second-order valence-electron chi connectivity index (χ2n) is 4.10. The molecule has 1 aliphatic rings. The summed E-state index contributed by atoms with van der Waals surface area (Å²) in [5.41, 5.74) is -0.248. The molecule has 0 saturated carbocycles. The van der Waals surface area contributed by atoms with Crippen molar-refractivity contribution < 1.29 is 7.42 Å². The van der Waals surface area contributed by atoms with Crippen LogP contribution in [0.1, 0.15) is 24.6 Å². The van der Waals surface area contributed by atoms with Gasteiger partial charge in [-0.3, -0.25) is 0 Å². The first-order valence-corrected chi connectivity index (χ1v) is 7.24. The number of aryl methyl sites for hydroxylation is 1. The van der Waals surface area contributed by atoms with Crippen molar-refractivity contribution in [2.75, 3.05) is 6.61 Å². The van der Waals surface area contributed by atoms with Gasteiger partial charge in [0.05, 0.1) is 0 Å². The quantitative estimate of drug-likeness (QED) is 0.665. The van der Waals surface area contributed by atoms with Crippen LogP contribution in [0.4, 0.5) is 0 Å². The molecule has 1 saturated heterocycles. The molecule has 0 amide bonds. The van der Waals surface area contributed by atoms with E-state index in [1.807, 2.05) is 0 Å². The zero-order valence-electron chi connectivity index (χ0n) is 9.51. The zero-order chi connectivity index (χ0) is 12.4. The predicted molar refractivity (Wildman–Crippen MR) is 60.9 cm³/mol. The van der Waals surface area contributed by atoms with Crippen molar-refractivity contribution >= 4 is 26.2 Å². The Kier molecular flexibility index (Phi) is 4.15. The van der Waals surface area contributed by atoms with Crippen molar-refractivity contribution in [2.45, 2.75) is 32.1 Å². The van der Waals surface area contributed by atoms with E-state index in [0.717, 1.165) is 12.8 Å². The van der Waals surface area contributed by atoms with Crippen molar-refractivity contribution in [1.82, 2.24) is 9.55 Å². The van der Waals surface area contributed by atoms with Crippen molar-refractivity contribution in [2.24, 2.45) is 0 Å². The van der Waals surface area contributed by atoms with Gasteiger partial charge in [0, 0.05) is 0 Å². The van der Waals surface area contributed by atoms with Gasteiger partial charge in [-0.15, -0.1) is 0 Å². The first-order chi connectivity index (χ1) is 8.11. The van der Waals surface area contributed by atoms with E-state index in [2.05, 4.69) is 4.98 Å². The van der Waals surface area contributed by atoms with Gasteiger partial charge in [-0.05, 0) is 0 Å². The molecule has 1 fully saturated rings. The minimum atomic E-state index is -0.417. The molecule has 1 aliphatic heterocycles. The molecule has 2 unspecified atom stereocenters. The number of hydrogen-bond acceptors (Lipinski definition) is 4. The summed E-state index contributed by atoms with van der Waals surface area (Å²) in [6, 6.07) is 0. The molecule has 0 aromatic carbocycles. The van der Waals surface area contributed by atoms with E-state index < -0.39 is 5.69 Å². The molecule has 1 aromatic rings. The monoisotopic (exact) mass is 430 g/mol. The Morgan fingerprint density at radius 2 is 2.35 bits per heavy atom. The van der Waals surface area contributed by atoms with E-state index in [-0.39, 0.29) is 17.9 Å². The Hall–Kier alpha value is -0.478. The van der Waals surface area contributed by atoms with Gasteiger partial charge in [-0.2, -0.15) is 0 Å². The van der Waals surface area contributed by atoms with Crippen LogP contribution in [0.15, 0.2) is 15.8 Å². The number of ether oxygens (including phenoxy) is 1. The predicted octanol–water partition coefficient (Wildman–Crippen LogP) is -0.377. The fraction of sp³-hybridized carbons (Fsp3) is 0.600. The van der Waals surface area contributed by atoms with E-state index in [0.29, 0.717) is 38.4 Å². The molecule has 17 heavy (non-hydrogen) atoms. The Morgan fingerprint density at radius 1 is 1.59 bits per heavy atom. The van der Waals surface area contributed by atoms with Gasteiger partial charge in [0.25, 0.3) is 0 Å². The Labute approximate surface area is 114 Å².